The summed E-state index contributed by atoms with van der Waals surface area (Å²) in [7, 11) is 0. The Morgan fingerprint density at radius 3 is 2.57 bits per heavy atom. The number of halogens is 3. The number of nitrogens with one attached hydrogen (secondary N) is 2. The normalized spacial score (nSPS) is 15.4. The van der Waals surface area contributed by atoms with Crippen LogP contribution in [-0.4, -0.2) is 18.6 Å². The number of carbonyl (C=O) groups is 1. The van der Waals surface area contributed by atoms with Crippen LogP contribution >= 0.6 is 0 Å². The van der Waals surface area contributed by atoms with Crippen LogP contribution in [0, 0.1) is 11.8 Å². The third-order valence-corrected chi connectivity index (χ3v) is 3.73. The van der Waals surface area contributed by atoms with Crippen LogP contribution in [0.5, 0.6) is 0 Å². The van der Waals surface area contributed by atoms with Crippen LogP contribution in [0.25, 0.3) is 0 Å². The lowest BCUT2D eigenvalue weighted by Gasteiger charge is -2.22. The highest BCUT2D eigenvalue weighted by molar-refractivity contribution is 5.74. The van der Waals surface area contributed by atoms with E-state index in [0.29, 0.717) is 0 Å². The maximum Gasteiger partial charge on any atom is 0.417 e. The van der Waals surface area contributed by atoms with E-state index in [9.17, 15) is 18.0 Å². The molecule has 3 nitrogen and oxygen atoms in total. The van der Waals surface area contributed by atoms with E-state index in [1.54, 1.807) is 0 Å². The van der Waals surface area contributed by atoms with Gasteiger partial charge in [-0.2, -0.15) is 13.2 Å². The van der Waals surface area contributed by atoms with E-state index in [1.807, 2.05) is 0 Å². The number of alkyl halides is 3. The zero-order valence-corrected chi connectivity index (χ0v) is 12.7. The summed E-state index contributed by atoms with van der Waals surface area (Å²) in [6.07, 6.45) is 0.926. The maximum atomic E-state index is 12.8. The van der Waals surface area contributed by atoms with Crippen molar-refractivity contribution in [1.82, 2.24) is 10.6 Å². The molecule has 124 valence electrons. The standard InChI is InChI=1S/C17H19F3N2O/c18-17(19,20)15-11-5-4-7-13(15)8-6-12-21-16(23)22-14-9-2-1-3-10-14/h4-5,7,11,14H,1-3,9-10,12H2,(H2,21,22,23). The van der Waals surface area contributed by atoms with E-state index in [-0.39, 0.29) is 24.2 Å². The molecule has 0 heterocycles. The minimum Gasteiger partial charge on any atom is -0.335 e. The van der Waals surface area contributed by atoms with Crippen LogP contribution in [0.1, 0.15) is 43.2 Å². The Labute approximate surface area is 133 Å². The largest absolute Gasteiger partial charge is 0.417 e. The van der Waals surface area contributed by atoms with Gasteiger partial charge in [0.1, 0.15) is 0 Å². The number of amides is 2. The fourth-order valence-electron chi connectivity index (χ4n) is 2.59. The minimum absolute atomic E-state index is 0.00471. The second kappa shape index (κ2) is 7.91. The van der Waals surface area contributed by atoms with Gasteiger partial charge in [0.15, 0.2) is 0 Å². The van der Waals surface area contributed by atoms with Crippen molar-refractivity contribution in [2.75, 3.05) is 6.54 Å². The van der Waals surface area contributed by atoms with Gasteiger partial charge in [-0.25, -0.2) is 4.79 Å². The zero-order chi connectivity index (χ0) is 16.7. The van der Waals surface area contributed by atoms with E-state index in [1.165, 1.54) is 24.6 Å². The molecule has 2 amide bonds. The number of carbonyl (C=O) groups excluding carboxylic acids is 1. The molecule has 0 atom stereocenters. The molecule has 0 aromatic heterocycles. The first-order valence-corrected chi connectivity index (χ1v) is 7.66. The molecule has 2 rings (SSSR count). The number of benzene rings is 1. The smallest absolute Gasteiger partial charge is 0.335 e. The zero-order valence-electron chi connectivity index (χ0n) is 12.7. The molecule has 0 saturated heterocycles. The summed E-state index contributed by atoms with van der Waals surface area (Å²) in [5.74, 6) is 5.03. The van der Waals surface area contributed by atoms with E-state index >= 15 is 0 Å². The fourth-order valence-corrected chi connectivity index (χ4v) is 2.59. The first-order valence-electron chi connectivity index (χ1n) is 7.66. The van der Waals surface area contributed by atoms with E-state index in [4.69, 9.17) is 0 Å². The summed E-state index contributed by atoms with van der Waals surface area (Å²) in [6.45, 7) is 0.00471. The third kappa shape index (κ3) is 5.51. The monoisotopic (exact) mass is 324 g/mol. The summed E-state index contributed by atoms with van der Waals surface area (Å²) in [6, 6.07) is 5.00. The van der Waals surface area contributed by atoms with Gasteiger partial charge in [-0.05, 0) is 25.0 Å². The van der Waals surface area contributed by atoms with Crippen LogP contribution in [-0.2, 0) is 6.18 Å². The van der Waals surface area contributed by atoms with Gasteiger partial charge in [-0.15, -0.1) is 0 Å². The lowest BCUT2D eigenvalue weighted by molar-refractivity contribution is -0.137. The van der Waals surface area contributed by atoms with Crippen LogP contribution < -0.4 is 10.6 Å². The van der Waals surface area contributed by atoms with Gasteiger partial charge in [-0.3, -0.25) is 0 Å². The quantitative estimate of drug-likeness (QED) is 0.801. The molecule has 1 fully saturated rings. The Balaban J connectivity index is 1.85. The number of hydrogen-bond donors (Lipinski definition) is 2. The lowest BCUT2D eigenvalue weighted by Crippen LogP contribution is -2.42. The Kier molecular flexibility index (Phi) is 5.91. The van der Waals surface area contributed by atoms with Crippen LogP contribution in [0.15, 0.2) is 24.3 Å². The molecule has 0 bridgehead atoms. The van der Waals surface area contributed by atoms with Crippen molar-refractivity contribution < 1.29 is 18.0 Å². The average molecular weight is 324 g/mol. The molecule has 1 aliphatic rings. The van der Waals surface area contributed by atoms with Crippen LogP contribution in [0.3, 0.4) is 0 Å². The predicted molar refractivity (Wildman–Crippen MR) is 81.7 cm³/mol. The van der Waals surface area contributed by atoms with Gasteiger partial charge in [0.05, 0.1) is 12.1 Å². The Bertz CT molecular complexity index is 596. The SMILES string of the molecule is O=C(NCC#Cc1ccccc1C(F)(F)F)NC1CCCCC1. The molecule has 1 aliphatic carbocycles. The fraction of sp³-hybridized carbons (Fsp3) is 0.471. The van der Waals surface area contributed by atoms with Crippen molar-refractivity contribution in [3.05, 3.63) is 35.4 Å². The molecule has 1 aromatic carbocycles. The van der Waals surface area contributed by atoms with Crippen molar-refractivity contribution >= 4 is 6.03 Å². The molecule has 0 unspecified atom stereocenters. The molecule has 2 N–H and O–H groups in total. The van der Waals surface area contributed by atoms with Gasteiger partial charge in [0, 0.05) is 11.6 Å². The Morgan fingerprint density at radius 1 is 1.17 bits per heavy atom. The van der Waals surface area contributed by atoms with Crippen LogP contribution in [0.2, 0.25) is 0 Å². The van der Waals surface area contributed by atoms with Gasteiger partial charge in [0.2, 0.25) is 0 Å². The molecule has 6 heteroatoms. The summed E-state index contributed by atoms with van der Waals surface area (Å²) in [4.78, 5) is 11.7. The topological polar surface area (TPSA) is 41.1 Å². The average Bonchev–Trinajstić information content (AvgIpc) is 2.52. The van der Waals surface area contributed by atoms with Crippen LogP contribution in [0.4, 0.5) is 18.0 Å². The van der Waals surface area contributed by atoms with Gasteiger partial charge in [0.25, 0.3) is 0 Å². The number of hydrogen-bond acceptors (Lipinski definition) is 1. The molecular formula is C17H19F3N2O. The van der Waals surface area contributed by atoms with Crippen molar-refractivity contribution in [1.29, 1.82) is 0 Å². The third-order valence-electron chi connectivity index (χ3n) is 3.73. The highest BCUT2D eigenvalue weighted by atomic mass is 19.4. The molecule has 0 aliphatic heterocycles. The van der Waals surface area contributed by atoms with E-state index in [2.05, 4.69) is 22.5 Å². The highest BCUT2D eigenvalue weighted by Gasteiger charge is 2.32. The number of rotatable bonds is 2. The molecule has 1 saturated carbocycles. The lowest BCUT2D eigenvalue weighted by atomic mass is 9.96. The first-order chi connectivity index (χ1) is 11.0. The molecule has 23 heavy (non-hydrogen) atoms. The summed E-state index contributed by atoms with van der Waals surface area (Å²) >= 11 is 0. The molecule has 0 radical (unpaired) electrons. The first kappa shape index (κ1) is 17.2. The second-order valence-corrected chi connectivity index (χ2v) is 5.51. The Morgan fingerprint density at radius 2 is 1.87 bits per heavy atom. The van der Waals surface area contributed by atoms with E-state index < -0.39 is 11.7 Å². The van der Waals surface area contributed by atoms with E-state index in [0.717, 1.165) is 31.7 Å². The second-order valence-electron chi connectivity index (χ2n) is 5.51. The van der Waals surface area contributed by atoms with Crippen molar-refractivity contribution in [3.63, 3.8) is 0 Å². The maximum absolute atomic E-state index is 12.8. The molecule has 1 aromatic rings. The van der Waals surface area contributed by atoms with Crippen molar-refractivity contribution in [2.24, 2.45) is 0 Å². The Hall–Kier alpha value is -2.16. The van der Waals surface area contributed by atoms with Gasteiger partial charge in [-0.1, -0.05) is 43.2 Å². The summed E-state index contributed by atoms with van der Waals surface area (Å²) in [5, 5.41) is 5.41. The number of urea groups is 1. The molecular weight excluding hydrogens is 305 g/mol. The van der Waals surface area contributed by atoms with Crippen molar-refractivity contribution in [2.45, 2.75) is 44.3 Å². The minimum atomic E-state index is -4.43. The predicted octanol–water partition coefficient (Wildman–Crippen LogP) is 3.69. The summed E-state index contributed by atoms with van der Waals surface area (Å²) in [5.41, 5.74) is -0.853. The van der Waals surface area contributed by atoms with Gasteiger partial charge < -0.3 is 10.6 Å². The molecule has 0 spiro atoms. The summed E-state index contributed by atoms with van der Waals surface area (Å²) < 4.78 is 38.4. The highest BCUT2D eigenvalue weighted by Crippen LogP contribution is 2.31. The van der Waals surface area contributed by atoms with Gasteiger partial charge >= 0.3 is 12.2 Å². The van der Waals surface area contributed by atoms with Crippen molar-refractivity contribution in [3.8, 4) is 11.8 Å².